The highest BCUT2D eigenvalue weighted by Gasteiger charge is 2.22. The molecule has 0 spiro atoms. The Hall–Kier alpha value is -1.63. The second-order valence-electron chi connectivity index (χ2n) is 6.37. The number of thioether (sulfide) groups is 1. The number of aromatic nitrogens is 2. The lowest BCUT2D eigenvalue weighted by Gasteiger charge is -2.09. The van der Waals surface area contributed by atoms with Crippen LogP contribution in [0.4, 0.5) is 0 Å². The normalized spacial score (nSPS) is 16.9. The van der Waals surface area contributed by atoms with E-state index >= 15 is 0 Å². The highest BCUT2D eigenvalue weighted by atomic mass is 35.5. The number of benzene rings is 1. The summed E-state index contributed by atoms with van der Waals surface area (Å²) in [5, 5.41) is 13.1. The van der Waals surface area contributed by atoms with E-state index in [1.54, 1.807) is 18.4 Å². The second kappa shape index (κ2) is 7.55. The van der Waals surface area contributed by atoms with Crippen LogP contribution in [0.2, 0.25) is 5.02 Å². The topological polar surface area (TPSA) is 54.9 Å². The molecule has 7 heteroatoms. The van der Waals surface area contributed by atoms with Crippen LogP contribution in [0.5, 0.6) is 0 Å². The number of nitrogens with one attached hydrogen (secondary N) is 1. The third-order valence-electron chi connectivity index (χ3n) is 4.61. The van der Waals surface area contributed by atoms with E-state index in [9.17, 15) is 4.79 Å². The van der Waals surface area contributed by atoms with Gasteiger partial charge in [0.1, 0.15) is 0 Å². The molecule has 1 aliphatic rings. The minimum Gasteiger partial charge on any atom is -0.354 e. The fourth-order valence-electron chi connectivity index (χ4n) is 3.18. The molecule has 26 heavy (non-hydrogen) atoms. The Morgan fingerprint density at radius 3 is 2.81 bits per heavy atom. The molecule has 1 N–H and O–H groups in total. The third kappa shape index (κ3) is 3.46. The summed E-state index contributed by atoms with van der Waals surface area (Å²) in [7, 11) is 1.62. The van der Waals surface area contributed by atoms with Gasteiger partial charge in [0.2, 0.25) is 0 Å². The number of hydrogen-bond acceptors (Lipinski definition) is 5. The second-order valence-corrected chi connectivity index (χ2v) is 9.01. The molecule has 1 amide bonds. The lowest BCUT2D eigenvalue weighted by atomic mass is 10.0. The number of fused-ring (bicyclic) bond motifs is 1. The van der Waals surface area contributed by atoms with Crippen molar-refractivity contribution in [3.63, 3.8) is 0 Å². The highest BCUT2D eigenvalue weighted by Crippen LogP contribution is 2.37. The van der Waals surface area contributed by atoms with Crippen molar-refractivity contribution in [1.82, 2.24) is 15.5 Å². The van der Waals surface area contributed by atoms with Gasteiger partial charge < -0.3 is 5.32 Å². The molecule has 1 saturated heterocycles. The summed E-state index contributed by atoms with van der Waals surface area (Å²) in [6.07, 6.45) is 2.14. The van der Waals surface area contributed by atoms with Crippen molar-refractivity contribution in [2.75, 3.05) is 18.6 Å². The molecule has 1 atom stereocenters. The Kier molecular flexibility index (Phi) is 5.16. The molecule has 4 rings (SSSR count). The summed E-state index contributed by atoms with van der Waals surface area (Å²) in [5.74, 6) is 2.84. The average molecular weight is 404 g/mol. The minimum absolute atomic E-state index is 0.199. The molecule has 1 unspecified atom stereocenters. The standard InChI is InChI=1S/C19H18ClN3OS2/c1-21-19(24)17-18-14(15(22-23-17)8-11-6-7-25-10-11)9-16(26-18)12-2-4-13(20)5-3-12/h2-5,9,11H,6-8,10H2,1H3,(H,21,24). The molecule has 0 aliphatic carbocycles. The molecule has 3 aromatic rings. The molecular formula is C19H18ClN3OS2. The first kappa shape index (κ1) is 17.8. The summed E-state index contributed by atoms with van der Waals surface area (Å²) >= 11 is 9.60. The molecule has 3 heterocycles. The maximum absolute atomic E-state index is 12.2. The van der Waals surface area contributed by atoms with Gasteiger partial charge >= 0.3 is 0 Å². The number of halogens is 1. The fourth-order valence-corrected chi connectivity index (χ4v) is 5.76. The van der Waals surface area contributed by atoms with Gasteiger partial charge in [0.25, 0.3) is 5.91 Å². The van der Waals surface area contributed by atoms with Gasteiger partial charge in [-0.1, -0.05) is 23.7 Å². The molecule has 1 aliphatic heterocycles. The van der Waals surface area contributed by atoms with Crippen LogP contribution in [0, 0.1) is 5.92 Å². The highest BCUT2D eigenvalue weighted by molar-refractivity contribution is 7.99. The van der Waals surface area contributed by atoms with Crippen molar-refractivity contribution in [3.05, 3.63) is 46.7 Å². The van der Waals surface area contributed by atoms with Crippen molar-refractivity contribution in [3.8, 4) is 10.4 Å². The Labute approximate surface area is 165 Å². The van der Waals surface area contributed by atoms with Crippen molar-refractivity contribution in [2.24, 2.45) is 5.92 Å². The Bertz CT molecular complexity index is 949. The average Bonchev–Trinajstić information content (AvgIpc) is 3.32. The van der Waals surface area contributed by atoms with Gasteiger partial charge in [-0.05, 0) is 54.0 Å². The fraction of sp³-hybridized carbons (Fsp3) is 0.316. The lowest BCUT2D eigenvalue weighted by Crippen LogP contribution is -2.20. The summed E-state index contributed by atoms with van der Waals surface area (Å²) < 4.78 is 0.907. The molecule has 1 aromatic carbocycles. The van der Waals surface area contributed by atoms with Gasteiger partial charge in [0.05, 0.1) is 10.4 Å². The zero-order chi connectivity index (χ0) is 18.1. The Balaban J connectivity index is 1.82. The van der Waals surface area contributed by atoms with E-state index in [0.29, 0.717) is 16.6 Å². The monoisotopic (exact) mass is 403 g/mol. The molecule has 0 saturated carbocycles. The molecule has 2 aromatic heterocycles. The molecule has 1 fully saturated rings. The van der Waals surface area contributed by atoms with E-state index < -0.39 is 0 Å². The van der Waals surface area contributed by atoms with E-state index in [1.165, 1.54) is 17.9 Å². The van der Waals surface area contributed by atoms with Crippen LogP contribution < -0.4 is 5.32 Å². The van der Waals surface area contributed by atoms with E-state index in [-0.39, 0.29) is 5.91 Å². The molecule has 0 bridgehead atoms. The smallest absolute Gasteiger partial charge is 0.273 e. The summed E-state index contributed by atoms with van der Waals surface area (Å²) in [5.41, 5.74) is 2.48. The van der Waals surface area contributed by atoms with Crippen LogP contribution in [-0.4, -0.2) is 34.7 Å². The zero-order valence-electron chi connectivity index (χ0n) is 14.3. The summed E-state index contributed by atoms with van der Waals surface area (Å²) in [4.78, 5) is 13.3. The number of carbonyl (C=O) groups is 1. The maximum Gasteiger partial charge on any atom is 0.273 e. The van der Waals surface area contributed by atoms with Crippen LogP contribution in [0.3, 0.4) is 0 Å². The minimum atomic E-state index is -0.199. The van der Waals surface area contributed by atoms with E-state index in [4.69, 9.17) is 11.6 Å². The largest absolute Gasteiger partial charge is 0.354 e. The predicted octanol–water partition coefficient (Wildman–Crippen LogP) is 4.67. The van der Waals surface area contributed by atoms with Crippen LogP contribution >= 0.6 is 34.7 Å². The van der Waals surface area contributed by atoms with Gasteiger partial charge in [0.15, 0.2) is 5.69 Å². The molecular weight excluding hydrogens is 386 g/mol. The number of hydrogen-bond donors (Lipinski definition) is 1. The van der Waals surface area contributed by atoms with Crippen molar-refractivity contribution < 1.29 is 4.79 Å². The SMILES string of the molecule is CNC(=O)c1nnc(CC2CCSC2)c2cc(-c3ccc(Cl)cc3)sc12. The number of nitrogens with zero attached hydrogens (tertiary/aromatic N) is 2. The third-order valence-corrected chi connectivity index (χ3v) is 7.28. The quantitative estimate of drug-likeness (QED) is 0.687. The van der Waals surface area contributed by atoms with Crippen LogP contribution in [0.15, 0.2) is 30.3 Å². The van der Waals surface area contributed by atoms with E-state index in [1.807, 2.05) is 36.0 Å². The predicted molar refractivity (Wildman–Crippen MR) is 110 cm³/mol. The van der Waals surface area contributed by atoms with Crippen molar-refractivity contribution in [1.29, 1.82) is 0 Å². The van der Waals surface area contributed by atoms with Crippen LogP contribution in [0.25, 0.3) is 20.5 Å². The Morgan fingerprint density at radius 2 is 2.12 bits per heavy atom. The van der Waals surface area contributed by atoms with E-state index in [2.05, 4.69) is 21.6 Å². The van der Waals surface area contributed by atoms with Gasteiger partial charge in [-0.2, -0.15) is 16.9 Å². The Morgan fingerprint density at radius 1 is 1.31 bits per heavy atom. The molecule has 4 nitrogen and oxygen atoms in total. The van der Waals surface area contributed by atoms with Gasteiger partial charge in [-0.3, -0.25) is 4.79 Å². The maximum atomic E-state index is 12.2. The van der Waals surface area contributed by atoms with Crippen LogP contribution in [-0.2, 0) is 6.42 Å². The van der Waals surface area contributed by atoms with Gasteiger partial charge in [-0.15, -0.1) is 16.4 Å². The number of thiophene rings is 1. The molecule has 134 valence electrons. The van der Waals surface area contributed by atoms with Gasteiger partial charge in [-0.25, -0.2) is 0 Å². The van der Waals surface area contributed by atoms with Gasteiger partial charge in [0, 0.05) is 22.3 Å². The first-order chi connectivity index (χ1) is 12.7. The zero-order valence-corrected chi connectivity index (χ0v) is 16.7. The summed E-state index contributed by atoms with van der Waals surface area (Å²) in [6, 6.07) is 9.91. The first-order valence-corrected chi connectivity index (χ1v) is 10.9. The number of rotatable bonds is 4. The number of amides is 1. The van der Waals surface area contributed by atoms with Crippen LogP contribution in [0.1, 0.15) is 22.6 Å². The van der Waals surface area contributed by atoms with Crippen molar-refractivity contribution >= 4 is 50.7 Å². The lowest BCUT2D eigenvalue weighted by molar-refractivity contribution is 0.0959. The van der Waals surface area contributed by atoms with E-state index in [0.717, 1.165) is 32.6 Å². The molecule has 0 radical (unpaired) electrons. The number of carbonyl (C=O) groups excluding carboxylic acids is 1. The first-order valence-electron chi connectivity index (χ1n) is 8.50. The summed E-state index contributed by atoms with van der Waals surface area (Å²) in [6.45, 7) is 0. The van der Waals surface area contributed by atoms with Crippen molar-refractivity contribution in [2.45, 2.75) is 12.8 Å².